The van der Waals surface area contributed by atoms with E-state index in [1.807, 2.05) is 0 Å². The molecular formula is C23H23ClN2O6. The predicted molar refractivity (Wildman–Crippen MR) is 115 cm³/mol. The number of para-hydroxylation sites is 1. The number of carbonyl (C=O) groups is 3. The molecule has 0 radical (unpaired) electrons. The van der Waals surface area contributed by atoms with E-state index in [0.29, 0.717) is 17.1 Å². The average Bonchev–Trinajstić information content (AvgIpc) is 3.07. The number of benzene rings is 1. The normalized spacial score (nSPS) is 33.5. The van der Waals surface area contributed by atoms with Crippen molar-refractivity contribution in [3.63, 3.8) is 0 Å². The monoisotopic (exact) mass is 458 g/mol. The highest BCUT2D eigenvalue weighted by atomic mass is 35.5. The minimum atomic E-state index is -1.31. The number of hydrogen-bond donors (Lipinski definition) is 1. The average molecular weight is 459 g/mol. The molecule has 32 heavy (non-hydrogen) atoms. The van der Waals surface area contributed by atoms with Gasteiger partial charge in [0.25, 0.3) is 5.91 Å². The highest BCUT2D eigenvalue weighted by Crippen LogP contribution is 2.53. The van der Waals surface area contributed by atoms with Gasteiger partial charge >= 0.3 is 5.97 Å². The third-order valence-corrected chi connectivity index (χ3v) is 6.93. The fraction of sp³-hybridized carbons (Fsp3) is 0.435. The highest BCUT2D eigenvalue weighted by molar-refractivity contribution is 6.34. The van der Waals surface area contributed by atoms with Crippen LogP contribution in [-0.2, 0) is 23.9 Å². The minimum absolute atomic E-state index is 0.121. The molecule has 2 saturated heterocycles. The summed E-state index contributed by atoms with van der Waals surface area (Å²) in [4.78, 5) is 43.3. The van der Waals surface area contributed by atoms with E-state index in [-0.39, 0.29) is 38.1 Å². The number of anilines is 1. The Balaban J connectivity index is 1.62. The van der Waals surface area contributed by atoms with E-state index >= 15 is 0 Å². The topological polar surface area (TPSA) is 96.4 Å². The summed E-state index contributed by atoms with van der Waals surface area (Å²) < 4.78 is 11.7. The van der Waals surface area contributed by atoms with E-state index in [1.54, 1.807) is 48.6 Å². The van der Waals surface area contributed by atoms with E-state index in [4.69, 9.17) is 21.1 Å². The largest absolute Gasteiger partial charge is 0.461 e. The number of nitrogens with zero attached hydrogens (tertiary/aromatic N) is 2. The van der Waals surface area contributed by atoms with Crippen molar-refractivity contribution >= 4 is 35.1 Å². The van der Waals surface area contributed by atoms with Crippen LogP contribution in [0.3, 0.4) is 0 Å². The van der Waals surface area contributed by atoms with E-state index in [1.165, 1.54) is 9.80 Å². The van der Waals surface area contributed by atoms with Gasteiger partial charge in [-0.15, -0.1) is 0 Å². The minimum Gasteiger partial charge on any atom is -0.461 e. The first-order valence-corrected chi connectivity index (χ1v) is 11.0. The van der Waals surface area contributed by atoms with Crippen molar-refractivity contribution in [2.75, 3.05) is 31.2 Å². The summed E-state index contributed by atoms with van der Waals surface area (Å²) >= 11 is 6.38. The fourth-order valence-electron chi connectivity index (χ4n) is 5.34. The van der Waals surface area contributed by atoms with Crippen LogP contribution in [0.5, 0.6) is 0 Å². The van der Waals surface area contributed by atoms with Gasteiger partial charge in [0.2, 0.25) is 5.91 Å². The number of cyclic esters (lactones) is 1. The third kappa shape index (κ3) is 3.01. The van der Waals surface area contributed by atoms with E-state index in [9.17, 15) is 19.5 Å². The van der Waals surface area contributed by atoms with Crippen LogP contribution in [0.4, 0.5) is 5.69 Å². The van der Waals surface area contributed by atoms with Crippen LogP contribution in [0.25, 0.3) is 0 Å². The molecule has 2 amide bonds. The molecule has 8 nitrogen and oxygen atoms in total. The van der Waals surface area contributed by atoms with Gasteiger partial charge in [-0.2, -0.15) is 0 Å². The summed E-state index contributed by atoms with van der Waals surface area (Å²) in [6.07, 6.45) is 6.61. The summed E-state index contributed by atoms with van der Waals surface area (Å²) in [5.74, 6) is -2.93. The van der Waals surface area contributed by atoms with Gasteiger partial charge in [-0.3, -0.25) is 14.4 Å². The standard InChI is InChI=1S/C23H23ClN2O6/c24-14-6-1-2-7-15(14)25-10-4-9-23-18(17-16(32-23)8-3-13-31-22(17)30)20(28)26(11-5-12-27)19(23)21(25)29/h1-4,6-9,16-19,27H,5,10-13H2/t16-,17+,18+,19?,23+/m1/s1. The number of aliphatic hydroxyl groups excluding tert-OH is 1. The zero-order valence-corrected chi connectivity index (χ0v) is 18.0. The Labute approximate surface area is 190 Å². The number of halogens is 1. The van der Waals surface area contributed by atoms with Crippen molar-refractivity contribution in [3.05, 3.63) is 53.6 Å². The molecule has 168 valence electrons. The molecule has 2 fully saturated rings. The molecule has 5 atom stereocenters. The number of aliphatic hydroxyl groups is 1. The second-order valence-corrected chi connectivity index (χ2v) is 8.72. The number of likely N-dealkylation sites (tertiary alicyclic amines) is 1. The number of amides is 2. The van der Waals surface area contributed by atoms with Crippen LogP contribution in [0.2, 0.25) is 5.02 Å². The predicted octanol–water partition coefficient (Wildman–Crippen LogP) is 1.32. The number of carbonyl (C=O) groups excluding carboxylic acids is 3. The second-order valence-electron chi connectivity index (χ2n) is 8.31. The van der Waals surface area contributed by atoms with Gasteiger partial charge in [0.1, 0.15) is 24.2 Å². The smallest absolute Gasteiger partial charge is 0.313 e. The molecule has 4 heterocycles. The first kappa shape index (κ1) is 21.2. The Morgan fingerprint density at radius 2 is 1.97 bits per heavy atom. The van der Waals surface area contributed by atoms with Crippen molar-refractivity contribution < 1.29 is 29.0 Å². The van der Waals surface area contributed by atoms with Gasteiger partial charge in [0.15, 0.2) is 0 Å². The number of ether oxygens (including phenoxy) is 2. The molecule has 4 aliphatic rings. The SMILES string of the molecule is O=C1OCC=C[C@H]2O[C@]34C=CCN(c5ccccc5Cl)C(=O)C3N(CCCO)C(=O)[C@@H]4[C@@H]12. The molecule has 0 aromatic heterocycles. The maximum Gasteiger partial charge on any atom is 0.313 e. The molecule has 1 spiro atoms. The number of esters is 1. The summed E-state index contributed by atoms with van der Waals surface area (Å²) in [6.45, 7) is 0.397. The Bertz CT molecular complexity index is 1030. The highest BCUT2D eigenvalue weighted by Gasteiger charge is 2.71. The molecule has 0 bridgehead atoms. The Kier molecular flexibility index (Phi) is 5.31. The fourth-order valence-corrected chi connectivity index (χ4v) is 5.57. The lowest BCUT2D eigenvalue weighted by Crippen LogP contribution is -2.55. The molecule has 1 N–H and O–H groups in total. The quantitative estimate of drug-likeness (QED) is 0.540. The Morgan fingerprint density at radius 1 is 1.16 bits per heavy atom. The number of hydrogen-bond acceptors (Lipinski definition) is 6. The molecule has 1 unspecified atom stereocenters. The van der Waals surface area contributed by atoms with Gasteiger partial charge in [-0.05, 0) is 24.6 Å². The van der Waals surface area contributed by atoms with Crippen LogP contribution < -0.4 is 4.90 Å². The van der Waals surface area contributed by atoms with Crippen LogP contribution in [-0.4, -0.2) is 71.8 Å². The van der Waals surface area contributed by atoms with Crippen LogP contribution in [0.15, 0.2) is 48.6 Å². The van der Waals surface area contributed by atoms with Gasteiger partial charge in [-0.25, -0.2) is 0 Å². The summed E-state index contributed by atoms with van der Waals surface area (Å²) in [7, 11) is 0. The maximum absolute atomic E-state index is 13.9. The summed E-state index contributed by atoms with van der Waals surface area (Å²) in [6, 6.07) is 6.02. The lowest BCUT2D eigenvalue weighted by Gasteiger charge is -2.35. The Hall–Kier alpha value is -2.68. The molecule has 1 aromatic rings. The maximum atomic E-state index is 13.9. The van der Waals surface area contributed by atoms with Crippen LogP contribution >= 0.6 is 11.6 Å². The third-order valence-electron chi connectivity index (χ3n) is 6.61. The Morgan fingerprint density at radius 3 is 2.75 bits per heavy atom. The molecule has 5 rings (SSSR count). The molecule has 9 heteroatoms. The van der Waals surface area contributed by atoms with Gasteiger partial charge in [0, 0.05) is 19.7 Å². The van der Waals surface area contributed by atoms with Crippen LogP contribution in [0, 0.1) is 11.8 Å². The number of rotatable bonds is 4. The molecule has 0 aliphatic carbocycles. The van der Waals surface area contributed by atoms with Gasteiger partial charge < -0.3 is 24.4 Å². The van der Waals surface area contributed by atoms with Crippen molar-refractivity contribution in [1.29, 1.82) is 0 Å². The lowest BCUT2D eigenvalue weighted by molar-refractivity contribution is -0.152. The molecule has 1 aromatic carbocycles. The molecule has 4 aliphatic heterocycles. The second kappa shape index (κ2) is 8.03. The van der Waals surface area contributed by atoms with Crippen molar-refractivity contribution in [2.45, 2.75) is 24.2 Å². The van der Waals surface area contributed by atoms with E-state index in [0.717, 1.165) is 0 Å². The van der Waals surface area contributed by atoms with E-state index < -0.39 is 35.6 Å². The first-order chi connectivity index (χ1) is 15.5. The van der Waals surface area contributed by atoms with Gasteiger partial charge in [0.05, 0.1) is 22.7 Å². The van der Waals surface area contributed by atoms with Crippen molar-refractivity contribution in [3.8, 4) is 0 Å². The first-order valence-electron chi connectivity index (χ1n) is 10.7. The van der Waals surface area contributed by atoms with Crippen molar-refractivity contribution in [2.24, 2.45) is 11.8 Å². The molecule has 0 saturated carbocycles. The van der Waals surface area contributed by atoms with Crippen LogP contribution in [0.1, 0.15) is 6.42 Å². The van der Waals surface area contributed by atoms with Gasteiger partial charge in [-0.1, -0.05) is 42.0 Å². The zero-order chi connectivity index (χ0) is 22.5. The van der Waals surface area contributed by atoms with Crippen molar-refractivity contribution in [1.82, 2.24) is 4.90 Å². The lowest BCUT2D eigenvalue weighted by atomic mass is 9.78. The number of fused-ring (bicyclic) bond motifs is 2. The summed E-state index contributed by atoms with van der Waals surface area (Å²) in [5, 5.41) is 9.80. The summed E-state index contributed by atoms with van der Waals surface area (Å²) in [5.41, 5.74) is -0.777. The zero-order valence-electron chi connectivity index (χ0n) is 17.2. The van der Waals surface area contributed by atoms with E-state index in [2.05, 4.69) is 0 Å². The molecular weight excluding hydrogens is 436 g/mol.